The van der Waals surface area contributed by atoms with Crippen molar-refractivity contribution in [3.8, 4) is 0 Å². The molecule has 0 amide bonds. The van der Waals surface area contributed by atoms with Crippen LogP contribution < -0.4 is 0 Å². The second kappa shape index (κ2) is 5.50. The van der Waals surface area contributed by atoms with Gasteiger partial charge in [0.2, 0.25) is 0 Å². The molecule has 0 N–H and O–H groups in total. The Kier molecular flexibility index (Phi) is 3.95. The molecule has 2 heteroatoms. The van der Waals surface area contributed by atoms with E-state index in [2.05, 4.69) is 23.6 Å². The highest BCUT2D eigenvalue weighted by molar-refractivity contribution is 4.91. The van der Waals surface area contributed by atoms with Gasteiger partial charge in [-0.2, -0.15) is 0 Å². The SMILES string of the molecule is CC1CCCC(N2CCCN3CCCC3C2)C1C. The lowest BCUT2D eigenvalue weighted by Gasteiger charge is -2.42. The van der Waals surface area contributed by atoms with Crippen molar-refractivity contribution in [2.45, 2.75) is 64.5 Å². The first-order valence-corrected chi connectivity index (χ1v) is 8.24. The molecule has 3 fully saturated rings. The number of hydrogen-bond donors (Lipinski definition) is 0. The molecule has 18 heavy (non-hydrogen) atoms. The van der Waals surface area contributed by atoms with E-state index in [1.807, 2.05) is 0 Å². The maximum atomic E-state index is 2.87. The molecule has 3 rings (SSSR count). The van der Waals surface area contributed by atoms with E-state index < -0.39 is 0 Å². The minimum atomic E-state index is 0.884. The fourth-order valence-electron chi connectivity index (χ4n) is 4.61. The summed E-state index contributed by atoms with van der Waals surface area (Å²) < 4.78 is 0. The topological polar surface area (TPSA) is 6.48 Å². The molecule has 3 aliphatic rings. The van der Waals surface area contributed by atoms with E-state index in [4.69, 9.17) is 0 Å². The molecule has 104 valence electrons. The average Bonchev–Trinajstić information content (AvgIpc) is 2.70. The van der Waals surface area contributed by atoms with Crippen LogP contribution in [0.4, 0.5) is 0 Å². The normalized spacial score (nSPS) is 43.7. The summed E-state index contributed by atoms with van der Waals surface area (Å²) >= 11 is 0. The van der Waals surface area contributed by atoms with Gasteiger partial charge in [-0.15, -0.1) is 0 Å². The Bertz CT molecular complexity index is 278. The van der Waals surface area contributed by atoms with Crippen LogP contribution in [-0.4, -0.2) is 48.1 Å². The van der Waals surface area contributed by atoms with E-state index in [9.17, 15) is 0 Å². The Hall–Kier alpha value is -0.0800. The van der Waals surface area contributed by atoms with Gasteiger partial charge in [0.05, 0.1) is 0 Å². The van der Waals surface area contributed by atoms with Crippen LogP contribution in [-0.2, 0) is 0 Å². The van der Waals surface area contributed by atoms with Crippen LogP contribution in [0.3, 0.4) is 0 Å². The highest BCUT2D eigenvalue weighted by Crippen LogP contribution is 2.34. The first kappa shape index (κ1) is 12.9. The molecule has 4 unspecified atom stereocenters. The largest absolute Gasteiger partial charge is 0.299 e. The van der Waals surface area contributed by atoms with E-state index in [0.29, 0.717) is 0 Å². The molecule has 2 saturated heterocycles. The van der Waals surface area contributed by atoms with Crippen LogP contribution >= 0.6 is 0 Å². The van der Waals surface area contributed by atoms with Gasteiger partial charge in [-0.1, -0.05) is 26.7 Å². The van der Waals surface area contributed by atoms with Crippen molar-refractivity contribution >= 4 is 0 Å². The van der Waals surface area contributed by atoms with Crippen molar-refractivity contribution in [2.75, 3.05) is 26.2 Å². The van der Waals surface area contributed by atoms with E-state index >= 15 is 0 Å². The second-order valence-corrected chi connectivity index (χ2v) is 7.02. The lowest BCUT2D eigenvalue weighted by Crippen LogP contribution is -2.47. The smallest absolute Gasteiger partial charge is 0.0223 e. The molecular formula is C16H30N2. The molecular weight excluding hydrogens is 220 g/mol. The monoisotopic (exact) mass is 250 g/mol. The van der Waals surface area contributed by atoms with Gasteiger partial charge in [-0.25, -0.2) is 0 Å². The summed E-state index contributed by atoms with van der Waals surface area (Å²) in [5, 5.41) is 0. The maximum absolute atomic E-state index is 2.87. The Balaban J connectivity index is 1.67. The molecule has 1 aliphatic carbocycles. The van der Waals surface area contributed by atoms with Crippen LogP contribution in [0.25, 0.3) is 0 Å². The zero-order valence-corrected chi connectivity index (χ0v) is 12.3. The van der Waals surface area contributed by atoms with E-state index in [1.54, 1.807) is 0 Å². The van der Waals surface area contributed by atoms with Crippen LogP contribution in [0.2, 0.25) is 0 Å². The zero-order valence-electron chi connectivity index (χ0n) is 12.3. The predicted octanol–water partition coefficient (Wildman–Crippen LogP) is 2.98. The lowest BCUT2D eigenvalue weighted by atomic mass is 9.77. The first-order chi connectivity index (χ1) is 8.75. The third kappa shape index (κ3) is 2.46. The number of nitrogens with zero attached hydrogens (tertiary/aromatic N) is 2. The van der Waals surface area contributed by atoms with Crippen molar-refractivity contribution in [1.29, 1.82) is 0 Å². The lowest BCUT2D eigenvalue weighted by molar-refractivity contribution is 0.0750. The highest BCUT2D eigenvalue weighted by atomic mass is 15.3. The van der Waals surface area contributed by atoms with Gasteiger partial charge in [0.15, 0.2) is 0 Å². The molecule has 0 radical (unpaired) electrons. The molecule has 2 aliphatic heterocycles. The second-order valence-electron chi connectivity index (χ2n) is 7.02. The van der Waals surface area contributed by atoms with Crippen LogP contribution in [0.5, 0.6) is 0 Å². The molecule has 0 aromatic rings. The van der Waals surface area contributed by atoms with Gasteiger partial charge in [0, 0.05) is 18.6 Å². The van der Waals surface area contributed by atoms with E-state index in [-0.39, 0.29) is 0 Å². The molecule has 0 spiro atoms. The molecule has 1 saturated carbocycles. The summed E-state index contributed by atoms with van der Waals surface area (Å²) in [6, 6.07) is 1.77. The van der Waals surface area contributed by atoms with Crippen LogP contribution in [0.15, 0.2) is 0 Å². The quantitative estimate of drug-likeness (QED) is 0.706. The fourth-order valence-corrected chi connectivity index (χ4v) is 4.61. The van der Waals surface area contributed by atoms with Crippen molar-refractivity contribution < 1.29 is 0 Å². The van der Waals surface area contributed by atoms with Crippen molar-refractivity contribution in [3.05, 3.63) is 0 Å². The Morgan fingerprint density at radius 1 is 0.778 bits per heavy atom. The minimum Gasteiger partial charge on any atom is -0.299 e. The van der Waals surface area contributed by atoms with Crippen LogP contribution in [0, 0.1) is 11.8 Å². The average molecular weight is 250 g/mol. The van der Waals surface area contributed by atoms with Crippen molar-refractivity contribution in [2.24, 2.45) is 11.8 Å². The Morgan fingerprint density at radius 3 is 2.44 bits per heavy atom. The third-order valence-corrected chi connectivity index (χ3v) is 5.97. The summed E-state index contributed by atoms with van der Waals surface area (Å²) in [5.74, 6) is 1.85. The molecule has 0 bridgehead atoms. The van der Waals surface area contributed by atoms with Gasteiger partial charge in [-0.05, 0) is 57.2 Å². The fraction of sp³-hybridized carbons (Fsp3) is 1.00. The Labute approximate surface area is 113 Å². The summed E-state index contributed by atoms with van der Waals surface area (Å²) in [5.41, 5.74) is 0. The number of rotatable bonds is 1. The number of hydrogen-bond acceptors (Lipinski definition) is 2. The van der Waals surface area contributed by atoms with Crippen molar-refractivity contribution in [1.82, 2.24) is 9.80 Å². The Morgan fingerprint density at radius 2 is 1.56 bits per heavy atom. The van der Waals surface area contributed by atoms with E-state index in [1.165, 1.54) is 64.7 Å². The van der Waals surface area contributed by atoms with Crippen LogP contribution in [0.1, 0.15) is 52.4 Å². The molecule has 0 aromatic carbocycles. The zero-order chi connectivity index (χ0) is 12.5. The highest BCUT2D eigenvalue weighted by Gasteiger charge is 2.35. The van der Waals surface area contributed by atoms with E-state index in [0.717, 1.165) is 23.9 Å². The summed E-state index contributed by atoms with van der Waals surface area (Å²) in [6.45, 7) is 10.4. The minimum absolute atomic E-state index is 0.884. The van der Waals surface area contributed by atoms with Gasteiger partial charge in [0.1, 0.15) is 0 Å². The van der Waals surface area contributed by atoms with Gasteiger partial charge in [-0.3, -0.25) is 9.80 Å². The summed E-state index contributed by atoms with van der Waals surface area (Å²) in [7, 11) is 0. The molecule has 4 atom stereocenters. The summed E-state index contributed by atoms with van der Waals surface area (Å²) in [4.78, 5) is 5.63. The van der Waals surface area contributed by atoms with Crippen molar-refractivity contribution in [3.63, 3.8) is 0 Å². The summed E-state index contributed by atoms with van der Waals surface area (Å²) in [6.07, 6.45) is 8.66. The molecule has 2 heterocycles. The van der Waals surface area contributed by atoms with Gasteiger partial charge in [0.25, 0.3) is 0 Å². The predicted molar refractivity (Wildman–Crippen MR) is 76.8 cm³/mol. The standard InChI is InChI=1S/C16H30N2/c1-13-6-3-8-16(14(13)2)18-11-5-10-17-9-4-7-15(17)12-18/h13-16H,3-12H2,1-2H3. The van der Waals surface area contributed by atoms with Gasteiger partial charge < -0.3 is 0 Å². The molecule has 2 nitrogen and oxygen atoms in total. The maximum Gasteiger partial charge on any atom is 0.0223 e. The number of fused-ring (bicyclic) bond motifs is 1. The molecule has 0 aromatic heterocycles. The first-order valence-electron chi connectivity index (χ1n) is 8.24. The van der Waals surface area contributed by atoms with Gasteiger partial charge >= 0.3 is 0 Å². The third-order valence-electron chi connectivity index (χ3n) is 5.97.